The molecule has 0 amide bonds. The highest BCUT2D eigenvalue weighted by molar-refractivity contribution is 5.81. The van der Waals surface area contributed by atoms with Gasteiger partial charge in [-0.15, -0.1) is 0 Å². The molecule has 170 valence electrons. The van der Waals surface area contributed by atoms with Crippen molar-refractivity contribution in [2.75, 3.05) is 0 Å². The normalized spacial score (nSPS) is 12.2. The van der Waals surface area contributed by atoms with Gasteiger partial charge in [0, 0.05) is 0 Å². The van der Waals surface area contributed by atoms with Crippen molar-refractivity contribution in [2.45, 2.75) is 124 Å². The largest absolute Gasteiger partial charge is 0.0654 e. The zero-order valence-electron chi connectivity index (χ0n) is 20.7. The molecule has 0 N–H and O–H groups in total. The van der Waals surface area contributed by atoms with Gasteiger partial charge in [-0.1, -0.05) is 109 Å². The van der Waals surface area contributed by atoms with Gasteiger partial charge in [0.15, 0.2) is 0 Å². The summed E-state index contributed by atoms with van der Waals surface area (Å²) in [7, 11) is 0. The number of aryl methyl sites for hydroxylation is 1. The number of fused-ring (bicyclic) bond motifs is 3. The van der Waals surface area contributed by atoms with E-state index in [1.165, 1.54) is 102 Å². The maximum Gasteiger partial charge on any atom is -0.00132 e. The van der Waals surface area contributed by atoms with Crippen LogP contribution in [-0.2, 0) is 25.7 Å². The summed E-state index contributed by atoms with van der Waals surface area (Å²) in [5.74, 6) is 0. The Labute approximate surface area is 192 Å². The summed E-state index contributed by atoms with van der Waals surface area (Å²) in [4.78, 5) is 0. The molecule has 31 heavy (non-hydrogen) atoms. The molecule has 0 fully saturated rings. The zero-order chi connectivity index (χ0) is 21.9. The Hall–Kier alpha value is -1.56. The third-order valence-electron chi connectivity index (χ3n) is 7.25. The summed E-state index contributed by atoms with van der Waals surface area (Å²) in [6.45, 7) is 6.97. The van der Waals surface area contributed by atoms with Crippen LogP contribution < -0.4 is 0 Å². The third kappa shape index (κ3) is 6.47. The van der Waals surface area contributed by atoms with E-state index in [9.17, 15) is 0 Å². The predicted octanol–water partition coefficient (Wildman–Crippen LogP) is 9.63. The van der Waals surface area contributed by atoms with Crippen molar-refractivity contribution in [3.05, 3.63) is 58.1 Å². The van der Waals surface area contributed by atoms with Crippen LogP contribution in [0, 0.1) is 0 Å². The number of rotatable bonds is 15. The molecule has 0 unspecified atom stereocenters. The van der Waals surface area contributed by atoms with E-state index in [4.69, 9.17) is 0 Å². The summed E-state index contributed by atoms with van der Waals surface area (Å²) >= 11 is 0. The van der Waals surface area contributed by atoms with Crippen molar-refractivity contribution >= 4 is 0 Å². The fourth-order valence-electron chi connectivity index (χ4n) is 5.52. The van der Waals surface area contributed by atoms with Crippen LogP contribution >= 0.6 is 0 Å². The monoisotopic (exact) mass is 418 g/mol. The van der Waals surface area contributed by atoms with Crippen LogP contribution in [0.15, 0.2) is 30.3 Å². The number of hydrogen-bond acceptors (Lipinski definition) is 0. The summed E-state index contributed by atoms with van der Waals surface area (Å²) in [5, 5.41) is 0. The lowest BCUT2D eigenvalue weighted by Crippen LogP contribution is -2.06. The van der Waals surface area contributed by atoms with Gasteiger partial charge in [0.2, 0.25) is 0 Å². The van der Waals surface area contributed by atoms with Crippen molar-refractivity contribution in [1.29, 1.82) is 0 Å². The highest BCUT2D eigenvalue weighted by Gasteiger charge is 2.25. The van der Waals surface area contributed by atoms with E-state index < -0.39 is 0 Å². The number of hydrogen-bond donors (Lipinski definition) is 0. The van der Waals surface area contributed by atoms with Gasteiger partial charge in [-0.25, -0.2) is 0 Å². The van der Waals surface area contributed by atoms with Crippen LogP contribution in [0.4, 0.5) is 0 Å². The lowest BCUT2D eigenvalue weighted by atomic mass is 9.84. The van der Waals surface area contributed by atoms with Crippen LogP contribution in [-0.4, -0.2) is 0 Å². The Kier molecular flexibility index (Phi) is 10.2. The van der Waals surface area contributed by atoms with Crippen molar-refractivity contribution < 1.29 is 0 Å². The van der Waals surface area contributed by atoms with Gasteiger partial charge in [0.05, 0.1) is 0 Å². The molecule has 0 spiro atoms. The molecule has 2 aromatic carbocycles. The zero-order valence-corrected chi connectivity index (χ0v) is 20.7. The standard InChI is InChI=1S/C31H46/c1-4-7-10-13-18-25-23-27-24-26-19-16-17-21-29(26)31(27)30(22-15-12-9-6-3)28(25)20-14-11-8-5-2/h16-17,19,21,23H,4-15,18,20,22,24H2,1-3H3. The van der Waals surface area contributed by atoms with E-state index in [1.807, 2.05) is 0 Å². The van der Waals surface area contributed by atoms with Gasteiger partial charge in [-0.2, -0.15) is 0 Å². The average Bonchev–Trinajstić information content (AvgIpc) is 3.16. The van der Waals surface area contributed by atoms with Gasteiger partial charge >= 0.3 is 0 Å². The Morgan fingerprint density at radius 2 is 1.16 bits per heavy atom. The van der Waals surface area contributed by atoms with E-state index in [0.717, 1.165) is 6.42 Å². The summed E-state index contributed by atoms with van der Waals surface area (Å²) in [5.41, 5.74) is 11.5. The first-order valence-corrected chi connectivity index (χ1v) is 13.5. The minimum atomic E-state index is 1.14. The van der Waals surface area contributed by atoms with Crippen molar-refractivity contribution in [1.82, 2.24) is 0 Å². The molecule has 0 bridgehead atoms. The molecule has 3 rings (SSSR count). The fourth-order valence-corrected chi connectivity index (χ4v) is 5.52. The Bertz CT molecular complexity index is 798. The second-order valence-electron chi connectivity index (χ2n) is 9.79. The Morgan fingerprint density at radius 1 is 0.581 bits per heavy atom. The maximum absolute atomic E-state index is 2.63. The Balaban J connectivity index is 1.95. The first-order valence-electron chi connectivity index (χ1n) is 13.5. The molecule has 0 saturated carbocycles. The second kappa shape index (κ2) is 13.1. The van der Waals surface area contributed by atoms with E-state index in [2.05, 4.69) is 51.1 Å². The Morgan fingerprint density at radius 3 is 1.81 bits per heavy atom. The quantitative estimate of drug-likeness (QED) is 0.215. The molecule has 2 aromatic rings. The molecule has 0 radical (unpaired) electrons. The third-order valence-corrected chi connectivity index (χ3v) is 7.25. The van der Waals surface area contributed by atoms with Crippen LogP contribution in [0.5, 0.6) is 0 Å². The van der Waals surface area contributed by atoms with Crippen LogP contribution in [0.3, 0.4) is 0 Å². The molecule has 1 aliphatic rings. The van der Waals surface area contributed by atoms with Gasteiger partial charge < -0.3 is 0 Å². The first kappa shape index (κ1) is 24.1. The minimum absolute atomic E-state index is 1.14. The summed E-state index contributed by atoms with van der Waals surface area (Å²) in [6, 6.07) is 11.8. The lowest BCUT2D eigenvalue weighted by molar-refractivity contribution is 0.639. The molecule has 0 saturated heterocycles. The smallest absolute Gasteiger partial charge is 0.00132 e. The second-order valence-corrected chi connectivity index (χ2v) is 9.79. The lowest BCUT2D eigenvalue weighted by Gasteiger charge is -2.21. The van der Waals surface area contributed by atoms with Crippen molar-refractivity contribution in [3.63, 3.8) is 0 Å². The van der Waals surface area contributed by atoms with Crippen molar-refractivity contribution in [2.24, 2.45) is 0 Å². The number of benzene rings is 2. The topological polar surface area (TPSA) is 0 Å². The van der Waals surface area contributed by atoms with Crippen LogP contribution in [0.2, 0.25) is 0 Å². The summed E-state index contributed by atoms with van der Waals surface area (Å²) in [6.07, 6.45) is 21.3. The molecule has 0 atom stereocenters. The fraction of sp³-hybridized carbons (Fsp3) is 0.613. The average molecular weight is 419 g/mol. The highest BCUT2D eigenvalue weighted by Crippen LogP contribution is 2.43. The van der Waals surface area contributed by atoms with Crippen LogP contribution in [0.1, 0.15) is 126 Å². The van der Waals surface area contributed by atoms with Gasteiger partial charge in [-0.3, -0.25) is 0 Å². The molecule has 0 aliphatic heterocycles. The molecule has 0 heteroatoms. The van der Waals surface area contributed by atoms with Gasteiger partial charge in [0.25, 0.3) is 0 Å². The molecule has 0 heterocycles. The molecule has 0 nitrogen and oxygen atoms in total. The molecule has 1 aliphatic carbocycles. The highest BCUT2D eigenvalue weighted by atomic mass is 14.3. The van der Waals surface area contributed by atoms with E-state index in [-0.39, 0.29) is 0 Å². The maximum atomic E-state index is 2.63. The molecular formula is C31H46. The minimum Gasteiger partial charge on any atom is -0.0654 e. The van der Waals surface area contributed by atoms with Crippen molar-refractivity contribution in [3.8, 4) is 11.1 Å². The van der Waals surface area contributed by atoms with Crippen LogP contribution in [0.25, 0.3) is 11.1 Å². The van der Waals surface area contributed by atoms with E-state index in [0.29, 0.717) is 0 Å². The van der Waals surface area contributed by atoms with E-state index >= 15 is 0 Å². The van der Waals surface area contributed by atoms with Gasteiger partial charge in [0.1, 0.15) is 0 Å². The molecular weight excluding hydrogens is 372 g/mol. The molecule has 0 aromatic heterocycles. The number of unbranched alkanes of at least 4 members (excludes halogenated alkanes) is 9. The summed E-state index contributed by atoms with van der Waals surface area (Å²) < 4.78 is 0. The SMILES string of the molecule is CCCCCCc1cc2c(c(CCCCCC)c1CCCCCC)-c1ccccc1C2. The first-order chi connectivity index (χ1) is 15.3. The van der Waals surface area contributed by atoms with E-state index in [1.54, 1.807) is 33.4 Å². The predicted molar refractivity (Wildman–Crippen MR) is 138 cm³/mol. The van der Waals surface area contributed by atoms with Gasteiger partial charge in [-0.05, 0) is 83.9 Å².